The van der Waals surface area contributed by atoms with E-state index in [1.807, 2.05) is 4.72 Å². The summed E-state index contributed by atoms with van der Waals surface area (Å²) in [6, 6.07) is 7.87. The van der Waals surface area contributed by atoms with E-state index in [1.54, 1.807) is 19.9 Å². The highest BCUT2D eigenvalue weighted by Crippen LogP contribution is 2.23. The van der Waals surface area contributed by atoms with Gasteiger partial charge in [0, 0.05) is 55.6 Å². The number of hydrogen-bond acceptors (Lipinski definition) is 11. The Morgan fingerprint density at radius 1 is 0.940 bits per heavy atom. The molecular formula is C32H28F2N8O7S. The van der Waals surface area contributed by atoms with Gasteiger partial charge in [0.15, 0.2) is 10.9 Å². The predicted octanol–water partition coefficient (Wildman–Crippen LogP) is 2.15. The van der Waals surface area contributed by atoms with Crippen LogP contribution in [0, 0.1) is 11.6 Å². The Morgan fingerprint density at radius 3 is 2.24 bits per heavy atom. The Morgan fingerprint density at radius 2 is 1.64 bits per heavy atom. The van der Waals surface area contributed by atoms with Gasteiger partial charge in [-0.25, -0.2) is 37.9 Å². The summed E-state index contributed by atoms with van der Waals surface area (Å²) in [6.07, 6.45) is 5.82. The zero-order chi connectivity index (χ0) is 36.2. The molecule has 1 aromatic carbocycles. The van der Waals surface area contributed by atoms with E-state index in [0.717, 1.165) is 10.6 Å². The van der Waals surface area contributed by atoms with Crippen molar-refractivity contribution in [3.63, 3.8) is 0 Å². The van der Waals surface area contributed by atoms with Crippen molar-refractivity contribution in [1.82, 2.24) is 34.4 Å². The molecule has 5 aromatic rings. The average molecular weight is 707 g/mol. The third-order valence-electron chi connectivity index (χ3n) is 6.93. The van der Waals surface area contributed by atoms with Crippen molar-refractivity contribution < 1.29 is 31.5 Å². The first kappa shape index (κ1) is 35.1. The lowest BCUT2D eigenvalue weighted by atomic mass is 10.1. The number of halogens is 2. The summed E-state index contributed by atoms with van der Waals surface area (Å²) in [5, 5.41) is 1.79. The van der Waals surface area contributed by atoms with Crippen molar-refractivity contribution in [1.29, 1.82) is 0 Å². The van der Waals surface area contributed by atoms with Crippen LogP contribution in [0.3, 0.4) is 0 Å². The Labute approximate surface area is 282 Å². The molecule has 4 heterocycles. The van der Waals surface area contributed by atoms with Gasteiger partial charge in [0.25, 0.3) is 21.5 Å². The van der Waals surface area contributed by atoms with Crippen LogP contribution in [0.4, 0.5) is 14.5 Å². The van der Waals surface area contributed by atoms with Gasteiger partial charge in [-0.3, -0.25) is 19.3 Å². The number of nitrogens with one attached hydrogen (secondary N) is 2. The molecule has 15 nitrogen and oxygen atoms in total. The topological polar surface area (TPSA) is 197 Å². The van der Waals surface area contributed by atoms with E-state index in [0.29, 0.717) is 23.5 Å². The van der Waals surface area contributed by atoms with Gasteiger partial charge < -0.3 is 14.6 Å². The number of carbonyl (C=O) groups excluding carboxylic acids is 2. The number of pyridine rings is 2. The lowest BCUT2D eigenvalue weighted by molar-refractivity contribution is -0.149. The van der Waals surface area contributed by atoms with Gasteiger partial charge in [0.05, 0.1) is 23.7 Å². The van der Waals surface area contributed by atoms with Crippen molar-refractivity contribution in [2.75, 3.05) is 4.72 Å². The van der Waals surface area contributed by atoms with Crippen LogP contribution in [0.5, 0.6) is 0 Å². The standard InChI is InChI=1S/C32H28F2N8O7S/c1-18(2)49-31(45)25(15-20-6-7-22(17-37-20)42-27(43)9-12-41(3)32(42)46)39-30(44)28-23(33)13-21(14-24(28)34)40-50(47,48)26-8-5-19(16-38-26)29-35-10-4-11-36-29/h4-14,16-18,25,40H,15H2,1-3H3,(H,39,44)/t25-/m0/s1. The summed E-state index contributed by atoms with van der Waals surface area (Å²) in [7, 11) is -2.96. The van der Waals surface area contributed by atoms with Gasteiger partial charge in [0.1, 0.15) is 23.2 Å². The van der Waals surface area contributed by atoms with Crippen molar-refractivity contribution in [2.45, 2.75) is 37.4 Å². The molecule has 0 bridgehead atoms. The molecule has 0 radical (unpaired) electrons. The first-order valence-corrected chi connectivity index (χ1v) is 16.2. The molecule has 258 valence electrons. The molecule has 0 spiro atoms. The van der Waals surface area contributed by atoms with Crippen LogP contribution < -0.4 is 21.3 Å². The lowest BCUT2D eigenvalue weighted by Crippen LogP contribution is -2.44. The zero-order valence-corrected chi connectivity index (χ0v) is 27.4. The molecular weight excluding hydrogens is 678 g/mol. The van der Waals surface area contributed by atoms with Gasteiger partial charge in [-0.2, -0.15) is 8.42 Å². The van der Waals surface area contributed by atoms with E-state index in [9.17, 15) is 27.6 Å². The maximum atomic E-state index is 15.2. The van der Waals surface area contributed by atoms with E-state index in [2.05, 4.69) is 25.3 Å². The van der Waals surface area contributed by atoms with Crippen molar-refractivity contribution in [2.24, 2.45) is 7.05 Å². The number of nitrogens with zero attached hydrogens (tertiary/aromatic N) is 6. The van der Waals surface area contributed by atoms with Gasteiger partial charge in [-0.15, -0.1) is 0 Å². The van der Waals surface area contributed by atoms with E-state index >= 15 is 8.78 Å². The average Bonchev–Trinajstić information content (AvgIpc) is 3.06. The Bertz CT molecular complexity index is 2260. The highest BCUT2D eigenvalue weighted by Gasteiger charge is 2.29. The Hall–Kier alpha value is -6.17. The van der Waals surface area contributed by atoms with Crippen LogP contribution in [-0.2, 0) is 33.0 Å². The molecule has 0 aliphatic carbocycles. The van der Waals surface area contributed by atoms with Crippen molar-refractivity contribution in [3.8, 4) is 17.1 Å². The van der Waals surface area contributed by atoms with Crippen molar-refractivity contribution in [3.05, 3.63) is 123 Å². The molecule has 50 heavy (non-hydrogen) atoms. The number of aryl methyl sites for hydroxylation is 1. The van der Waals surface area contributed by atoms with Crippen LogP contribution in [0.2, 0.25) is 0 Å². The fourth-order valence-corrected chi connectivity index (χ4v) is 5.57. The highest BCUT2D eigenvalue weighted by atomic mass is 32.2. The number of hydrogen-bond donors (Lipinski definition) is 2. The molecule has 1 amide bonds. The molecule has 0 fully saturated rings. The number of benzene rings is 1. The third kappa shape index (κ3) is 7.92. The number of sulfonamides is 1. The normalized spacial score (nSPS) is 12.0. The predicted molar refractivity (Wildman–Crippen MR) is 174 cm³/mol. The van der Waals surface area contributed by atoms with Crippen LogP contribution in [0.25, 0.3) is 17.1 Å². The van der Waals surface area contributed by atoms with E-state index < -0.39 is 73.2 Å². The van der Waals surface area contributed by atoms with E-state index in [-0.39, 0.29) is 17.8 Å². The number of anilines is 1. The first-order valence-electron chi connectivity index (χ1n) is 14.7. The third-order valence-corrected chi connectivity index (χ3v) is 8.23. The molecule has 5 rings (SSSR count). The minimum absolute atomic E-state index is 0.139. The van der Waals surface area contributed by atoms with Crippen LogP contribution in [-0.4, -0.2) is 61.5 Å². The summed E-state index contributed by atoms with van der Waals surface area (Å²) >= 11 is 0. The molecule has 0 saturated heterocycles. The number of aromatic nitrogens is 6. The minimum Gasteiger partial charge on any atom is -0.461 e. The quantitative estimate of drug-likeness (QED) is 0.191. The summed E-state index contributed by atoms with van der Waals surface area (Å²) < 4.78 is 65.6. The molecule has 0 saturated carbocycles. The summed E-state index contributed by atoms with van der Waals surface area (Å²) in [5.41, 5.74) is -2.09. The number of amides is 1. The molecule has 2 N–H and O–H groups in total. The Balaban J connectivity index is 1.34. The van der Waals surface area contributed by atoms with Gasteiger partial charge in [-0.1, -0.05) is 0 Å². The molecule has 0 aliphatic heterocycles. The number of rotatable bonds is 11. The zero-order valence-electron chi connectivity index (χ0n) is 26.6. The summed E-state index contributed by atoms with van der Waals surface area (Å²) in [5.74, 6) is -4.83. The van der Waals surface area contributed by atoms with Crippen LogP contribution >= 0.6 is 0 Å². The maximum Gasteiger partial charge on any atom is 0.335 e. The SMILES string of the molecule is CC(C)OC(=O)[C@H](Cc1ccc(-n2c(=O)ccn(C)c2=O)cn1)NC(=O)c1c(F)cc(NS(=O)(=O)c2ccc(-c3ncccn3)cn2)cc1F. The lowest BCUT2D eigenvalue weighted by Gasteiger charge is -2.20. The molecule has 0 aliphatic rings. The highest BCUT2D eigenvalue weighted by molar-refractivity contribution is 7.92. The molecule has 1 atom stereocenters. The van der Waals surface area contributed by atoms with Crippen LogP contribution in [0.15, 0.2) is 94.1 Å². The molecule has 0 unspecified atom stereocenters. The number of ether oxygens (including phenoxy) is 1. The Kier molecular flexibility index (Phi) is 10.2. The van der Waals surface area contributed by atoms with Gasteiger partial charge in [0.2, 0.25) is 0 Å². The maximum absolute atomic E-state index is 15.2. The number of carbonyl (C=O) groups is 2. The van der Waals surface area contributed by atoms with E-state index in [1.165, 1.54) is 66.9 Å². The minimum atomic E-state index is -4.42. The fraction of sp³-hybridized carbons (Fsp3) is 0.188. The molecule has 4 aromatic heterocycles. The fourth-order valence-electron chi connectivity index (χ4n) is 4.60. The summed E-state index contributed by atoms with van der Waals surface area (Å²) in [4.78, 5) is 67.0. The number of esters is 1. The monoisotopic (exact) mass is 706 g/mol. The van der Waals surface area contributed by atoms with Gasteiger partial charge in [-0.05, 0) is 56.3 Å². The molecule has 18 heteroatoms. The van der Waals surface area contributed by atoms with Crippen LogP contribution in [0.1, 0.15) is 29.9 Å². The second-order valence-corrected chi connectivity index (χ2v) is 12.6. The van der Waals surface area contributed by atoms with Gasteiger partial charge >= 0.3 is 11.7 Å². The second-order valence-electron chi connectivity index (χ2n) is 11.0. The van der Waals surface area contributed by atoms with E-state index in [4.69, 9.17) is 4.74 Å². The first-order chi connectivity index (χ1) is 23.7. The second kappa shape index (κ2) is 14.5. The van der Waals surface area contributed by atoms with Crippen molar-refractivity contribution >= 4 is 27.6 Å². The smallest absolute Gasteiger partial charge is 0.335 e. The summed E-state index contributed by atoms with van der Waals surface area (Å²) in [6.45, 7) is 3.12. The largest absolute Gasteiger partial charge is 0.461 e.